The first-order chi connectivity index (χ1) is 7.75. The minimum absolute atomic E-state index is 0.140. The van der Waals surface area contributed by atoms with E-state index in [-0.39, 0.29) is 5.56 Å². The summed E-state index contributed by atoms with van der Waals surface area (Å²) in [6.07, 6.45) is 1.26. The number of carbonyl (C=O) groups is 1. The van der Waals surface area contributed by atoms with Crippen LogP contribution in [0, 0.1) is 0 Å². The first-order valence-corrected chi connectivity index (χ1v) is 5.39. The molecule has 0 aliphatic heterocycles. The SMILES string of the molecule is O=C(O)c1ccc(OCc2cscn2)nc1. The van der Waals surface area contributed by atoms with Crippen molar-refractivity contribution >= 4 is 17.3 Å². The Hall–Kier alpha value is -1.95. The largest absolute Gasteiger partial charge is 0.478 e. The van der Waals surface area contributed by atoms with Gasteiger partial charge in [0.15, 0.2) is 0 Å². The molecule has 0 aromatic carbocycles. The Kier molecular flexibility index (Phi) is 3.11. The molecule has 0 aliphatic carbocycles. The summed E-state index contributed by atoms with van der Waals surface area (Å²) in [6, 6.07) is 2.97. The molecule has 0 bridgehead atoms. The summed E-state index contributed by atoms with van der Waals surface area (Å²) in [7, 11) is 0. The van der Waals surface area contributed by atoms with Gasteiger partial charge in [-0.05, 0) is 6.07 Å². The van der Waals surface area contributed by atoms with Gasteiger partial charge in [-0.15, -0.1) is 11.3 Å². The standard InChI is InChI=1S/C10H8N2O3S/c13-10(14)7-1-2-9(11-3-7)15-4-8-5-16-6-12-8/h1-3,5-6H,4H2,(H,13,14). The van der Waals surface area contributed by atoms with E-state index < -0.39 is 5.97 Å². The third-order valence-electron chi connectivity index (χ3n) is 1.83. The van der Waals surface area contributed by atoms with Gasteiger partial charge < -0.3 is 9.84 Å². The number of ether oxygens (including phenoxy) is 1. The monoisotopic (exact) mass is 236 g/mol. The third-order valence-corrected chi connectivity index (χ3v) is 2.47. The van der Waals surface area contributed by atoms with Crippen LogP contribution >= 0.6 is 11.3 Å². The van der Waals surface area contributed by atoms with Crippen molar-refractivity contribution in [3.8, 4) is 5.88 Å². The van der Waals surface area contributed by atoms with Crippen LogP contribution in [0.4, 0.5) is 0 Å². The van der Waals surface area contributed by atoms with E-state index in [1.54, 1.807) is 5.51 Å². The molecular formula is C10H8N2O3S. The van der Waals surface area contributed by atoms with Gasteiger partial charge in [0.25, 0.3) is 0 Å². The van der Waals surface area contributed by atoms with Gasteiger partial charge in [-0.3, -0.25) is 0 Å². The molecule has 2 aromatic heterocycles. The Bertz CT molecular complexity index is 467. The second-order valence-electron chi connectivity index (χ2n) is 2.96. The van der Waals surface area contributed by atoms with Crippen LogP contribution in [0.15, 0.2) is 29.2 Å². The van der Waals surface area contributed by atoms with Gasteiger partial charge in [0, 0.05) is 17.6 Å². The zero-order valence-electron chi connectivity index (χ0n) is 8.16. The maximum Gasteiger partial charge on any atom is 0.337 e. The fraction of sp³-hybridized carbons (Fsp3) is 0.100. The van der Waals surface area contributed by atoms with Crippen LogP contribution in [-0.4, -0.2) is 21.0 Å². The lowest BCUT2D eigenvalue weighted by atomic mass is 10.3. The molecule has 82 valence electrons. The minimum Gasteiger partial charge on any atom is -0.478 e. The average molecular weight is 236 g/mol. The maximum absolute atomic E-state index is 10.6. The van der Waals surface area contributed by atoms with E-state index in [9.17, 15) is 4.79 Å². The number of carboxylic acid groups (broad SMARTS) is 1. The highest BCUT2D eigenvalue weighted by Gasteiger charge is 2.03. The summed E-state index contributed by atoms with van der Waals surface area (Å²) < 4.78 is 5.33. The van der Waals surface area contributed by atoms with Crippen molar-refractivity contribution in [1.29, 1.82) is 0 Å². The van der Waals surface area contributed by atoms with Gasteiger partial charge in [0.2, 0.25) is 5.88 Å². The van der Waals surface area contributed by atoms with Crippen molar-refractivity contribution in [1.82, 2.24) is 9.97 Å². The van der Waals surface area contributed by atoms with Crippen LogP contribution in [0.5, 0.6) is 5.88 Å². The quantitative estimate of drug-likeness (QED) is 0.876. The minimum atomic E-state index is -1.00. The first kappa shape index (κ1) is 10.6. The fourth-order valence-corrected chi connectivity index (χ4v) is 1.59. The molecule has 6 heteroatoms. The zero-order chi connectivity index (χ0) is 11.4. The maximum atomic E-state index is 10.6. The summed E-state index contributed by atoms with van der Waals surface area (Å²) in [5, 5.41) is 10.5. The lowest BCUT2D eigenvalue weighted by molar-refractivity contribution is 0.0696. The van der Waals surface area contributed by atoms with E-state index in [2.05, 4.69) is 9.97 Å². The van der Waals surface area contributed by atoms with Gasteiger partial charge in [-0.1, -0.05) is 0 Å². The molecule has 1 N–H and O–H groups in total. The van der Waals surface area contributed by atoms with Gasteiger partial charge in [0.1, 0.15) is 6.61 Å². The summed E-state index contributed by atoms with van der Waals surface area (Å²) in [6.45, 7) is 0.336. The molecule has 0 amide bonds. The molecule has 16 heavy (non-hydrogen) atoms. The van der Waals surface area contributed by atoms with Crippen molar-refractivity contribution < 1.29 is 14.6 Å². The molecule has 2 rings (SSSR count). The van der Waals surface area contributed by atoms with Crippen LogP contribution in [0.2, 0.25) is 0 Å². The van der Waals surface area contributed by atoms with E-state index in [0.29, 0.717) is 12.5 Å². The molecule has 0 spiro atoms. The van der Waals surface area contributed by atoms with Crippen molar-refractivity contribution in [3.05, 3.63) is 40.5 Å². The molecular weight excluding hydrogens is 228 g/mol. The fourth-order valence-electron chi connectivity index (χ4n) is 1.05. The predicted octanol–water partition coefficient (Wildman–Crippen LogP) is 1.82. The Morgan fingerprint density at radius 3 is 2.88 bits per heavy atom. The van der Waals surface area contributed by atoms with Gasteiger partial charge in [-0.2, -0.15) is 0 Å². The number of aromatic carboxylic acids is 1. The van der Waals surface area contributed by atoms with Crippen molar-refractivity contribution in [2.75, 3.05) is 0 Å². The third kappa shape index (κ3) is 2.54. The van der Waals surface area contributed by atoms with E-state index in [4.69, 9.17) is 9.84 Å². The van der Waals surface area contributed by atoms with Crippen molar-refractivity contribution in [3.63, 3.8) is 0 Å². The Labute approximate surface area is 95.4 Å². The lowest BCUT2D eigenvalue weighted by Crippen LogP contribution is -2.00. The number of hydrogen-bond acceptors (Lipinski definition) is 5. The highest BCUT2D eigenvalue weighted by molar-refractivity contribution is 7.07. The van der Waals surface area contributed by atoms with E-state index in [0.717, 1.165) is 5.69 Å². The summed E-state index contributed by atoms with van der Waals surface area (Å²) in [5.41, 5.74) is 2.69. The smallest absolute Gasteiger partial charge is 0.337 e. The van der Waals surface area contributed by atoms with Crippen LogP contribution in [0.1, 0.15) is 16.1 Å². The molecule has 0 saturated carbocycles. The second-order valence-corrected chi connectivity index (χ2v) is 3.68. The number of aromatic nitrogens is 2. The van der Waals surface area contributed by atoms with Crippen LogP contribution < -0.4 is 4.74 Å². The highest BCUT2D eigenvalue weighted by Crippen LogP contribution is 2.10. The topological polar surface area (TPSA) is 72.3 Å². The summed E-state index contributed by atoms with van der Waals surface area (Å²) in [5.74, 6) is -0.614. The molecule has 2 heterocycles. The molecule has 0 fully saturated rings. The number of carboxylic acids is 1. The first-order valence-electron chi connectivity index (χ1n) is 4.45. The predicted molar refractivity (Wildman–Crippen MR) is 57.6 cm³/mol. The number of rotatable bonds is 4. The molecule has 0 radical (unpaired) electrons. The van der Waals surface area contributed by atoms with E-state index >= 15 is 0 Å². The molecule has 0 aliphatic rings. The molecule has 0 atom stereocenters. The number of thiazole rings is 1. The number of hydrogen-bond donors (Lipinski definition) is 1. The van der Waals surface area contributed by atoms with Gasteiger partial charge >= 0.3 is 5.97 Å². The lowest BCUT2D eigenvalue weighted by Gasteiger charge is -2.02. The van der Waals surface area contributed by atoms with Crippen LogP contribution in [0.25, 0.3) is 0 Å². The molecule has 2 aromatic rings. The second kappa shape index (κ2) is 4.71. The Balaban J connectivity index is 1.98. The molecule has 0 unspecified atom stereocenters. The summed E-state index contributed by atoms with van der Waals surface area (Å²) >= 11 is 1.49. The molecule has 0 saturated heterocycles. The Morgan fingerprint density at radius 2 is 2.31 bits per heavy atom. The van der Waals surface area contributed by atoms with Crippen LogP contribution in [-0.2, 0) is 6.61 Å². The van der Waals surface area contributed by atoms with E-state index in [1.807, 2.05) is 5.38 Å². The normalized spacial score (nSPS) is 10.0. The van der Waals surface area contributed by atoms with Crippen LogP contribution in [0.3, 0.4) is 0 Å². The Morgan fingerprint density at radius 1 is 1.44 bits per heavy atom. The van der Waals surface area contributed by atoms with E-state index in [1.165, 1.54) is 29.7 Å². The average Bonchev–Trinajstić information content (AvgIpc) is 2.80. The number of pyridine rings is 1. The van der Waals surface area contributed by atoms with Crippen molar-refractivity contribution in [2.45, 2.75) is 6.61 Å². The zero-order valence-corrected chi connectivity index (χ0v) is 8.98. The molecule has 5 nitrogen and oxygen atoms in total. The van der Waals surface area contributed by atoms with Gasteiger partial charge in [-0.25, -0.2) is 14.8 Å². The summed E-state index contributed by atoms with van der Waals surface area (Å²) in [4.78, 5) is 18.5. The van der Waals surface area contributed by atoms with Gasteiger partial charge in [0.05, 0.1) is 16.8 Å². The highest BCUT2D eigenvalue weighted by atomic mass is 32.1. The number of nitrogens with zero attached hydrogens (tertiary/aromatic N) is 2. The van der Waals surface area contributed by atoms with Crippen molar-refractivity contribution in [2.24, 2.45) is 0 Å².